The Morgan fingerprint density at radius 3 is 2.33 bits per heavy atom. The van der Waals surface area contributed by atoms with Crippen LogP contribution >= 0.6 is 15.9 Å². The van der Waals surface area contributed by atoms with Gasteiger partial charge in [-0.15, -0.1) is 0 Å². The Balaban J connectivity index is 2.17. The van der Waals surface area contributed by atoms with E-state index < -0.39 is 11.5 Å². The molecule has 0 aromatic heterocycles. The van der Waals surface area contributed by atoms with Gasteiger partial charge in [-0.25, -0.2) is 4.79 Å². The molecule has 1 aromatic rings. The summed E-state index contributed by atoms with van der Waals surface area (Å²) in [5.74, 6) is -0.254. The maximum absolute atomic E-state index is 12.2. The number of halogens is 1. The van der Waals surface area contributed by atoms with Crippen LogP contribution in [-0.4, -0.2) is 42.3 Å². The van der Waals surface area contributed by atoms with E-state index in [0.717, 1.165) is 10.0 Å². The third kappa shape index (κ3) is 3.56. The quantitative estimate of drug-likeness (QED) is 0.846. The van der Waals surface area contributed by atoms with Crippen LogP contribution in [0.15, 0.2) is 28.7 Å². The summed E-state index contributed by atoms with van der Waals surface area (Å²) >= 11 is 3.39. The molecule has 1 amide bonds. The summed E-state index contributed by atoms with van der Waals surface area (Å²) in [6.07, 6.45) is 0.613. The van der Waals surface area contributed by atoms with Gasteiger partial charge in [0.25, 0.3) is 0 Å². The van der Waals surface area contributed by atoms with Gasteiger partial charge in [-0.3, -0.25) is 4.79 Å². The first-order valence-electron chi connectivity index (χ1n) is 6.77. The van der Waals surface area contributed by atoms with Gasteiger partial charge in [0, 0.05) is 17.6 Å². The lowest BCUT2D eigenvalue weighted by molar-refractivity contribution is -0.155. The number of hydrogen-bond acceptors (Lipinski definition) is 3. The van der Waals surface area contributed by atoms with Gasteiger partial charge in [-0.2, -0.15) is 0 Å². The Morgan fingerprint density at radius 2 is 1.86 bits per heavy atom. The Bertz CT molecular complexity index is 521. The third-order valence-electron chi connectivity index (χ3n) is 4.07. The monoisotopic (exact) mass is 355 g/mol. The number of carbonyl (C=O) groups excluding carboxylic acids is 1. The molecule has 1 heterocycles. The Hall–Kier alpha value is -1.56. The zero-order valence-electron chi connectivity index (χ0n) is 11.8. The number of ether oxygens (including phenoxy) is 1. The molecule has 0 unspecified atom stereocenters. The number of nitrogens with zero attached hydrogens (tertiary/aromatic N) is 1. The number of benzene rings is 1. The minimum Gasteiger partial charge on any atom is -0.469 e. The normalized spacial score (nSPS) is 17.3. The van der Waals surface area contributed by atoms with E-state index in [9.17, 15) is 9.59 Å². The van der Waals surface area contributed by atoms with Gasteiger partial charge < -0.3 is 14.7 Å². The standard InChI is InChI=1S/C15H18BrNO4/c1-21-13(18)15(6-8-17(9-7-15)14(19)20)10-11-2-4-12(16)5-3-11/h2-5H,6-10H2,1H3,(H,19,20). The molecule has 1 aliphatic heterocycles. The van der Waals surface area contributed by atoms with Crippen LogP contribution in [-0.2, 0) is 16.0 Å². The second kappa shape index (κ2) is 6.47. The third-order valence-corrected chi connectivity index (χ3v) is 4.59. The summed E-state index contributed by atoms with van der Waals surface area (Å²) in [6, 6.07) is 7.82. The number of carbonyl (C=O) groups is 2. The molecule has 1 N–H and O–H groups in total. The molecule has 114 valence electrons. The van der Waals surface area contributed by atoms with E-state index in [1.165, 1.54) is 12.0 Å². The lowest BCUT2D eigenvalue weighted by Gasteiger charge is -2.38. The highest BCUT2D eigenvalue weighted by molar-refractivity contribution is 9.10. The first kappa shape index (κ1) is 15.8. The van der Waals surface area contributed by atoms with Crippen LogP contribution < -0.4 is 0 Å². The minimum absolute atomic E-state index is 0.254. The number of carboxylic acid groups (broad SMARTS) is 1. The number of rotatable bonds is 3. The second-order valence-electron chi connectivity index (χ2n) is 5.34. The lowest BCUT2D eigenvalue weighted by atomic mass is 9.74. The predicted molar refractivity (Wildman–Crippen MR) is 81.1 cm³/mol. The van der Waals surface area contributed by atoms with Gasteiger partial charge in [0.15, 0.2) is 0 Å². The topological polar surface area (TPSA) is 66.8 Å². The van der Waals surface area contributed by atoms with E-state index in [1.807, 2.05) is 24.3 Å². The smallest absolute Gasteiger partial charge is 0.407 e. The molecule has 1 aliphatic rings. The molecule has 1 aromatic carbocycles. The molecular formula is C15H18BrNO4. The van der Waals surface area contributed by atoms with Gasteiger partial charge in [0.05, 0.1) is 12.5 Å². The second-order valence-corrected chi connectivity index (χ2v) is 6.26. The highest BCUT2D eigenvalue weighted by Crippen LogP contribution is 2.36. The fraction of sp³-hybridized carbons (Fsp3) is 0.467. The number of piperidine rings is 1. The minimum atomic E-state index is -0.933. The summed E-state index contributed by atoms with van der Waals surface area (Å²) in [5, 5.41) is 9.03. The van der Waals surface area contributed by atoms with Crippen molar-refractivity contribution in [1.82, 2.24) is 4.90 Å². The summed E-state index contributed by atoms with van der Waals surface area (Å²) in [4.78, 5) is 24.6. The van der Waals surface area contributed by atoms with Gasteiger partial charge >= 0.3 is 12.1 Å². The van der Waals surface area contributed by atoms with Gasteiger partial charge in [0.2, 0.25) is 0 Å². The summed E-state index contributed by atoms with van der Waals surface area (Å²) in [6.45, 7) is 0.724. The van der Waals surface area contributed by atoms with Crippen LogP contribution in [0.3, 0.4) is 0 Å². The molecule has 1 saturated heterocycles. The van der Waals surface area contributed by atoms with Crippen molar-refractivity contribution in [2.45, 2.75) is 19.3 Å². The van der Waals surface area contributed by atoms with Crippen molar-refractivity contribution in [2.24, 2.45) is 5.41 Å². The summed E-state index contributed by atoms with van der Waals surface area (Å²) in [5.41, 5.74) is 0.418. The molecule has 0 radical (unpaired) electrons. The summed E-state index contributed by atoms with van der Waals surface area (Å²) in [7, 11) is 1.38. The van der Waals surface area contributed by atoms with Crippen molar-refractivity contribution in [1.29, 1.82) is 0 Å². The van der Waals surface area contributed by atoms with Crippen molar-refractivity contribution >= 4 is 28.0 Å². The van der Waals surface area contributed by atoms with Crippen molar-refractivity contribution in [3.8, 4) is 0 Å². The molecule has 21 heavy (non-hydrogen) atoms. The maximum Gasteiger partial charge on any atom is 0.407 e. The van der Waals surface area contributed by atoms with Crippen molar-refractivity contribution < 1.29 is 19.4 Å². The highest BCUT2D eigenvalue weighted by atomic mass is 79.9. The first-order chi connectivity index (χ1) is 9.97. The number of amides is 1. The maximum atomic E-state index is 12.2. The van der Waals surface area contributed by atoms with E-state index in [0.29, 0.717) is 32.4 Å². The van der Waals surface area contributed by atoms with Crippen LogP contribution in [0.4, 0.5) is 4.79 Å². The van der Waals surface area contributed by atoms with Gasteiger partial charge in [-0.1, -0.05) is 28.1 Å². The molecule has 0 saturated carbocycles. The van der Waals surface area contributed by atoms with Gasteiger partial charge in [-0.05, 0) is 37.0 Å². The molecule has 0 bridgehead atoms. The zero-order chi connectivity index (χ0) is 15.5. The molecule has 0 atom stereocenters. The fourth-order valence-electron chi connectivity index (χ4n) is 2.79. The average molecular weight is 356 g/mol. The van der Waals surface area contributed by atoms with Crippen molar-refractivity contribution in [2.75, 3.05) is 20.2 Å². The van der Waals surface area contributed by atoms with Crippen molar-refractivity contribution in [3.63, 3.8) is 0 Å². The van der Waals surface area contributed by atoms with E-state index in [1.54, 1.807) is 0 Å². The van der Waals surface area contributed by atoms with E-state index in [-0.39, 0.29) is 5.97 Å². The largest absolute Gasteiger partial charge is 0.469 e. The van der Waals surface area contributed by atoms with Crippen LogP contribution in [0.2, 0.25) is 0 Å². The summed E-state index contributed by atoms with van der Waals surface area (Å²) < 4.78 is 5.96. The number of esters is 1. The fourth-order valence-corrected chi connectivity index (χ4v) is 3.05. The Morgan fingerprint density at radius 1 is 1.29 bits per heavy atom. The van der Waals surface area contributed by atoms with E-state index in [2.05, 4.69) is 15.9 Å². The Labute approximate surface area is 132 Å². The number of methoxy groups -OCH3 is 1. The molecule has 0 spiro atoms. The SMILES string of the molecule is COC(=O)C1(Cc2ccc(Br)cc2)CCN(C(=O)O)CC1. The molecule has 0 aliphatic carbocycles. The van der Waals surface area contributed by atoms with Crippen LogP contribution in [0.25, 0.3) is 0 Å². The molecular weight excluding hydrogens is 338 g/mol. The number of likely N-dealkylation sites (tertiary alicyclic amines) is 1. The number of hydrogen-bond donors (Lipinski definition) is 1. The predicted octanol–water partition coefficient (Wildman–Crippen LogP) is 2.92. The van der Waals surface area contributed by atoms with E-state index >= 15 is 0 Å². The lowest BCUT2D eigenvalue weighted by Crippen LogP contribution is -2.47. The van der Waals surface area contributed by atoms with Crippen molar-refractivity contribution in [3.05, 3.63) is 34.3 Å². The zero-order valence-corrected chi connectivity index (χ0v) is 13.4. The molecule has 6 heteroatoms. The highest BCUT2D eigenvalue weighted by Gasteiger charge is 2.43. The van der Waals surface area contributed by atoms with Crippen LogP contribution in [0.1, 0.15) is 18.4 Å². The van der Waals surface area contributed by atoms with E-state index in [4.69, 9.17) is 9.84 Å². The molecule has 5 nitrogen and oxygen atoms in total. The van der Waals surface area contributed by atoms with Gasteiger partial charge in [0.1, 0.15) is 0 Å². The molecule has 1 fully saturated rings. The average Bonchev–Trinajstić information content (AvgIpc) is 2.49. The van der Waals surface area contributed by atoms with Crippen LogP contribution in [0, 0.1) is 5.41 Å². The van der Waals surface area contributed by atoms with Crippen LogP contribution in [0.5, 0.6) is 0 Å². The first-order valence-corrected chi connectivity index (χ1v) is 7.57. The Kier molecular flexibility index (Phi) is 4.88. The molecule has 2 rings (SSSR count).